The number of amides is 2. The van der Waals surface area contributed by atoms with E-state index < -0.39 is 5.54 Å². The Morgan fingerprint density at radius 1 is 1.19 bits per heavy atom. The summed E-state index contributed by atoms with van der Waals surface area (Å²) in [5.41, 5.74) is 5.29. The van der Waals surface area contributed by atoms with Gasteiger partial charge in [-0.15, -0.1) is 12.4 Å². The number of halogens is 1. The lowest BCUT2D eigenvalue weighted by molar-refractivity contribution is -0.180. The Labute approximate surface area is 170 Å². The zero-order chi connectivity index (χ0) is 19.4. The molecule has 1 saturated heterocycles. The first-order valence-electron chi connectivity index (χ1n) is 10.3. The second-order valence-electron chi connectivity index (χ2n) is 8.41. The van der Waals surface area contributed by atoms with Crippen molar-refractivity contribution in [3.05, 3.63) is 0 Å². The van der Waals surface area contributed by atoms with Crippen molar-refractivity contribution in [2.45, 2.75) is 77.9 Å². The SMILES string of the molecule is CCCCCNC(=O)C1CCN(C(=O)C2(N)CC(OCC)C2(C)C)CC1.Cl. The third-order valence-corrected chi connectivity index (χ3v) is 6.44. The molecule has 2 aliphatic rings. The molecule has 1 heterocycles. The maximum Gasteiger partial charge on any atom is 0.243 e. The maximum atomic E-state index is 13.0. The van der Waals surface area contributed by atoms with Crippen LogP contribution in [0.15, 0.2) is 0 Å². The Morgan fingerprint density at radius 2 is 1.81 bits per heavy atom. The van der Waals surface area contributed by atoms with Gasteiger partial charge in [0.1, 0.15) is 5.54 Å². The highest BCUT2D eigenvalue weighted by atomic mass is 35.5. The molecule has 0 spiro atoms. The molecule has 7 heteroatoms. The van der Waals surface area contributed by atoms with Gasteiger partial charge in [0.25, 0.3) is 0 Å². The predicted octanol–water partition coefficient (Wildman–Crippen LogP) is 2.49. The Hall–Kier alpha value is -0.850. The highest BCUT2D eigenvalue weighted by Gasteiger charge is 2.63. The fourth-order valence-electron chi connectivity index (χ4n) is 4.16. The van der Waals surface area contributed by atoms with Gasteiger partial charge in [-0.05, 0) is 26.2 Å². The monoisotopic (exact) mass is 403 g/mol. The lowest BCUT2D eigenvalue weighted by Gasteiger charge is -2.59. The minimum atomic E-state index is -0.859. The van der Waals surface area contributed by atoms with Crippen LogP contribution in [0.4, 0.5) is 0 Å². The molecule has 2 atom stereocenters. The fourth-order valence-corrected chi connectivity index (χ4v) is 4.16. The second-order valence-corrected chi connectivity index (χ2v) is 8.41. The topological polar surface area (TPSA) is 84.7 Å². The van der Waals surface area contributed by atoms with Gasteiger partial charge in [0.2, 0.25) is 11.8 Å². The fraction of sp³-hybridized carbons (Fsp3) is 0.900. The maximum absolute atomic E-state index is 13.0. The number of nitrogens with two attached hydrogens (primary N) is 1. The summed E-state index contributed by atoms with van der Waals surface area (Å²) in [4.78, 5) is 27.1. The molecule has 6 nitrogen and oxygen atoms in total. The van der Waals surface area contributed by atoms with Crippen molar-refractivity contribution in [2.24, 2.45) is 17.1 Å². The number of nitrogens with one attached hydrogen (secondary N) is 1. The third kappa shape index (κ3) is 4.96. The molecule has 0 bridgehead atoms. The minimum Gasteiger partial charge on any atom is -0.378 e. The van der Waals surface area contributed by atoms with Gasteiger partial charge in [-0.2, -0.15) is 0 Å². The van der Waals surface area contributed by atoms with Crippen LogP contribution in [0.5, 0.6) is 0 Å². The number of hydrogen-bond donors (Lipinski definition) is 2. The molecule has 3 N–H and O–H groups in total. The van der Waals surface area contributed by atoms with Crippen LogP contribution in [-0.4, -0.2) is 54.6 Å². The summed E-state index contributed by atoms with van der Waals surface area (Å²) in [7, 11) is 0. The number of unbranched alkanes of at least 4 members (excludes halogenated alkanes) is 2. The lowest BCUT2D eigenvalue weighted by Crippen LogP contribution is -2.76. The Kier molecular flexibility index (Phi) is 9.03. The zero-order valence-corrected chi connectivity index (χ0v) is 18.2. The zero-order valence-electron chi connectivity index (χ0n) is 17.4. The van der Waals surface area contributed by atoms with E-state index in [2.05, 4.69) is 12.2 Å². The Morgan fingerprint density at radius 3 is 2.33 bits per heavy atom. The van der Waals surface area contributed by atoms with E-state index in [0.717, 1.165) is 38.6 Å². The average Bonchev–Trinajstić information content (AvgIpc) is 2.64. The molecule has 0 radical (unpaired) electrons. The standard InChI is InChI=1S/C20H37N3O3.ClH/c1-5-7-8-11-22-17(24)15-9-12-23(13-10-15)18(25)20(21)14-16(26-6-2)19(20,3)4;/h15-16H,5-14,21H2,1-4H3,(H,22,24);1H. The number of ether oxygens (including phenoxy) is 1. The molecular weight excluding hydrogens is 366 g/mol. The van der Waals surface area contributed by atoms with Gasteiger partial charge < -0.3 is 20.7 Å². The van der Waals surface area contributed by atoms with Gasteiger partial charge in [0.05, 0.1) is 6.10 Å². The first-order chi connectivity index (χ1) is 12.3. The number of hydrogen-bond acceptors (Lipinski definition) is 4. The third-order valence-electron chi connectivity index (χ3n) is 6.44. The summed E-state index contributed by atoms with van der Waals surface area (Å²) in [6, 6.07) is 0. The van der Waals surface area contributed by atoms with Gasteiger partial charge >= 0.3 is 0 Å². The highest BCUT2D eigenvalue weighted by molar-refractivity contribution is 5.89. The minimum absolute atomic E-state index is 0. The molecule has 0 aromatic rings. The van der Waals surface area contributed by atoms with Crippen LogP contribution in [0.3, 0.4) is 0 Å². The van der Waals surface area contributed by atoms with Crippen molar-refractivity contribution in [2.75, 3.05) is 26.2 Å². The van der Waals surface area contributed by atoms with Gasteiger partial charge in [-0.25, -0.2) is 0 Å². The highest BCUT2D eigenvalue weighted by Crippen LogP contribution is 2.50. The molecule has 158 valence electrons. The van der Waals surface area contributed by atoms with Crippen LogP contribution < -0.4 is 11.1 Å². The van der Waals surface area contributed by atoms with Crippen molar-refractivity contribution in [3.8, 4) is 0 Å². The van der Waals surface area contributed by atoms with E-state index in [4.69, 9.17) is 10.5 Å². The number of carbonyl (C=O) groups excluding carboxylic acids is 2. The Bertz CT molecular complexity index is 507. The van der Waals surface area contributed by atoms with Crippen molar-refractivity contribution >= 4 is 24.2 Å². The number of carbonyl (C=O) groups is 2. The van der Waals surface area contributed by atoms with E-state index in [1.807, 2.05) is 25.7 Å². The van der Waals surface area contributed by atoms with Crippen LogP contribution in [-0.2, 0) is 14.3 Å². The molecular formula is C20H38ClN3O3. The first kappa shape index (κ1) is 24.2. The van der Waals surface area contributed by atoms with Gasteiger partial charge in [0.15, 0.2) is 0 Å². The summed E-state index contributed by atoms with van der Waals surface area (Å²) in [6.45, 7) is 10.8. The molecule has 27 heavy (non-hydrogen) atoms. The van der Waals surface area contributed by atoms with Gasteiger partial charge in [-0.1, -0.05) is 33.6 Å². The van der Waals surface area contributed by atoms with Crippen LogP contribution in [0.1, 0.15) is 66.2 Å². The summed E-state index contributed by atoms with van der Waals surface area (Å²) in [5.74, 6) is 0.163. The van der Waals surface area contributed by atoms with E-state index >= 15 is 0 Å². The molecule has 1 aliphatic heterocycles. The summed E-state index contributed by atoms with van der Waals surface area (Å²) < 4.78 is 5.73. The lowest BCUT2D eigenvalue weighted by atomic mass is 9.54. The molecule has 1 saturated carbocycles. The normalized spacial score (nSPS) is 27.4. The molecule has 1 aliphatic carbocycles. The quantitative estimate of drug-likeness (QED) is 0.610. The van der Waals surface area contributed by atoms with Crippen molar-refractivity contribution in [3.63, 3.8) is 0 Å². The number of rotatable bonds is 8. The van der Waals surface area contributed by atoms with Crippen molar-refractivity contribution < 1.29 is 14.3 Å². The molecule has 2 fully saturated rings. The van der Waals surface area contributed by atoms with E-state index in [0.29, 0.717) is 26.1 Å². The largest absolute Gasteiger partial charge is 0.378 e. The van der Waals surface area contributed by atoms with Crippen LogP contribution in [0.25, 0.3) is 0 Å². The van der Waals surface area contributed by atoms with Crippen molar-refractivity contribution in [1.82, 2.24) is 10.2 Å². The Balaban J connectivity index is 0.00000364. The van der Waals surface area contributed by atoms with Crippen LogP contribution in [0.2, 0.25) is 0 Å². The number of nitrogens with zero attached hydrogens (tertiary/aromatic N) is 1. The van der Waals surface area contributed by atoms with Crippen molar-refractivity contribution in [1.29, 1.82) is 0 Å². The molecule has 0 aromatic heterocycles. The van der Waals surface area contributed by atoms with E-state index in [9.17, 15) is 9.59 Å². The van der Waals surface area contributed by atoms with Crippen LogP contribution >= 0.6 is 12.4 Å². The van der Waals surface area contributed by atoms with E-state index in [1.165, 1.54) is 0 Å². The molecule has 2 unspecified atom stereocenters. The smallest absolute Gasteiger partial charge is 0.243 e. The predicted molar refractivity (Wildman–Crippen MR) is 110 cm³/mol. The second kappa shape index (κ2) is 10.1. The summed E-state index contributed by atoms with van der Waals surface area (Å²) in [5, 5.41) is 3.03. The molecule has 2 amide bonds. The van der Waals surface area contributed by atoms with E-state index in [-0.39, 0.29) is 41.7 Å². The van der Waals surface area contributed by atoms with Crippen LogP contribution in [0, 0.1) is 11.3 Å². The first-order valence-corrected chi connectivity index (χ1v) is 10.3. The molecule has 2 rings (SSSR count). The van der Waals surface area contributed by atoms with Gasteiger partial charge in [-0.3, -0.25) is 9.59 Å². The van der Waals surface area contributed by atoms with E-state index in [1.54, 1.807) is 0 Å². The number of piperidine rings is 1. The van der Waals surface area contributed by atoms with Gasteiger partial charge in [0, 0.05) is 44.0 Å². The average molecular weight is 404 g/mol. The summed E-state index contributed by atoms with van der Waals surface area (Å²) >= 11 is 0. The summed E-state index contributed by atoms with van der Waals surface area (Å²) in [6.07, 6.45) is 5.37. The number of likely N-dealkylation sites (tertiary alicyclic amines) is 1. The molecule has 0 aromatic carbocycles.